The van der Waals surface area contributed by atoms with E-state index >= 15 is 0 Å². The fourth-order valence-electron chi connectivity index (χ4n) is 1.68. The highest BCUT2D eigenvalue weighted by molar-refractivity contribution is 5.81. The molecule has 1 aromatic rings. The minimum Gasteiger partial charge on any atom is -0.370 e. The Morgan fingerprint density at radius 1 is 1.45 bits per heavy atom. The van der Waals surface area contributed by atoms with E-state index in [1.165, 1.54) is 19.2 Å². The molecule has 2 atom stereocenters. The Bertz CT molecular complexity index is 459. The van der Waals surface area contributed by atoms with Crippen molar-refractivity contribution in [3.63, 3.8) is 0 Å². The first-order chi connectivity index (χ1) is 9.29. The predicted octanol–water partition coefficient (Wildman–Crippen LogP) is 1.86. The highest BCUT2D eigenvalue weighted by Crippen LogP contribution is 2.30. The molecule has 0 radical (unpaired) electrons. The first-order valence-corrected chi connectivity index (χ1v) is 6.00. The van der Waals surface area contributed by atoms with Crippen molar-refractivity contribution in [3.05, 3.63) is 35.4 Å². The molecule has 112 valence electrons. The van der Waals surface area contributed by atoms with Gasteiger partial charge in [0.2, 0.25) is 0 Å². The number of halogens is 3. The van der Waals surface area contributed by atoms with Crippen LogP contribution in [0.2, 0.25) is 0 Å². The van der Waals surface area contributed by atoms with Gasteiger partial charge < -0.3 is 15.8 Å². The Morgan fingerprint density at radius 3 is 2.60 bits per heavy atom. The van der Waals surface area contributed by atoms with Crippen molar-refractivity contribution in [3.8, 4) is 0 Å². The molecule has 7 heteroatoms. The summed E-state index contributed by atoms with van der Waals surface area (Å²) in [5, 5.41) is 2.57. The lowest BCUT2D eigenvalue weighted by Crippen LogP contribution is -2.41. The van der Waals surface area contributed by atoms with Gasteiger partial charge in [-0.2, -0.15) is 13.2 Å². The van der Waals surface area contributed by atoms with Gasteiger partial charge in [0, 0.05) is 13.7 Å². The lowest BCUT2D eigenvalue weighted by Gasteiger charge is -2.19. The number of alkyl halides is 3. The van der Waals surface area contributed by atoms with Crippen LogP contribution in [0.3, 0.4) is 0 Å². The number of nitrogens with two attached hydrogens (primary N) is 1. The lowest BCUT2D eigenvalue weighted by molar-refractivity contribution is -0.137. The number of nitrogens with one attached hydrogen (secondary N) is 1. The van der Waals surface area contributed by atoms with Crippen LogP contribution < -0.4 is 11.1 Å². The zero-order chi connectivity index (χ0) is 15.3. The van der Waals surface area contributed by atoms with Crippen LogP contribution >= 0.6 is 0 Å². The standard InChI is InChI=1S/C13H17F3N2O2/c1-8(18-12(19)11(7-17)20-2)9-4-3-5-10(6-9)13(14,15)16/h3-6,8,11H,7,17H2,1-2H3,(H,18,19). The van der Waals surface area contributed by atoms with E-state index in [4.69, 9.17) is 10.5 Å². The monoisotopic (exact) mass is 290 g/mol. The van der Waals surface area contributed by atoms with Crippen LogP contribution in [0.5, 0.6) is 0 Å². The lowest BCUT2D eigenvalue weighted by atomic mass is 10.0. The molecule has 0 heterocycles. The summed E-state index contributed by atoms with van der Waals surface area (Å²) < 4.78 is 42.7. The molecule has 0 saturated heterocycles. The van der Waals surface area contributed by atoms with Gasteiger partial charge in [-0.15, -0.1) is 0 Å². The maximum atomic E-state index is 12.6. The Morgan fingerprint density at radius 2 is 2.10 bits per heavy atom. The Kier molecular flexibility index (Phi) is 5.52. The normalized spacial score (nSPS) is 14.7. The smallest absolute Gasteiger partial charge is 0.370 e. The summed E-state index contributed by atoms with van der Waals surface area (Å²) in [7, 11) is 1.34. The maximum Gasteiger partial charge on any atom is 0.416 e. The van der Waals surface area contributed by atoms with E-state index in [0.29, 0.717) is 5.56 Å². The van der Waals surface area contributed by atoms with E-state index < -0.39 is 29.8 Å². The molecule has 0 spiro atoms. The second-order valence-corrected chi connectivity index (χ2v) is 4.31. The number of amides is 1. The number of hydrogen-bond donors (Lipinski definition) is 2. The van der Waals surface area contributed by atoms with Crippen molar-refractivity contribution in [1.29, 1.82) is 0 Å². The highest BCUT2D eigenvalue weighted by atomic mass is 19.4. The second-order valence-electron chi connectivity index (χ2n) is 4.31. The molecule has 0 saturated carbocycles. The number of rotatable bonds is 5. The van der Waals surface area contributed by atoms with Crippen LogP contribution in [0.1, 0.15) is 24.1 Å². The Labute approximate surface area is 115 Å². The third-order valence-corrected chi connectivity index (χ3v) is 2.86. The minimum atomic E-state index is -4.41. The van der Waals surface area contributed by atoms with E-state index in [9.17, 15) is 18.0 Å². The van der Waals surface area contributed by atoms with Gasteiger partial charge in [0.25, 0.3) is 5.91 Å². The van der Waals surface area contributed by atoms with Crippen molar-refractivity contribution in [2.75, 3.05) is 13.7 Å². The van der Waals surface area contributed by atoms with E-state index in [-0.39, 0.29) is 6.54 Å². The van der Waals surface area contributed by atoms with Crippen LogP contribution in [-0.4, -0.2) is 25.7 Å². The molecule has 0 aliphatic carbocycles. The molecule has 0 aromatic heterocycles. The quantitative estimate of drug-likeness (QED) is 0.870. The molecule has 0 aliphatic rings. The molecule has 0 aliphatic heterocycles. The second kappa shape index (κ2) is 6.71. The molecule has 2 unspecified atom stereocenters. The summed E-state index contributed by atoms with van der Waals surface area (Å²) in [6.07, 6.45) is -5.23. The zero-order valence-corrected chi connectivity index (χ0v) is 11.2. The van der Waals surface area contributed by atoms with Gasteiger partial charge in [0.15, 0.2) is 0 Å². The number of hydrogen-bond acceptors (Lipinski definition) is 3. The third kappa shape index (κ3) is 4.21. The van der Waals surface area contributed by atoms with Gasteiger partial charge in [-0.3, -0.25) is 4.79 Å². The van der Waals surface area contributed by atoms with Gasteiger partial charge in [-0.05, 0) is 24.6 Å². The van der Waals surface area contributed by atoms with Crippen molar-refractivity contribution in [1.82, 2.24) is 5.32 Å². The number of carbonyl (C=O) groups is 1. The van der Waals surface area contributed by atoms with E-state index in [1.54, 1.807) is 6.92 Å². The molecular weight excluding hydrogens is 273 g/mol. The molecule has 4 nitrogen and oxygen atoms in total. The van der Waals surface area contributed by atoms with E-state index in [0.717, 1.165) is 12.1 Å². The van der Waals surface area contributed by atoms with Crippen LogP contribution in [0, 0.1) is 0 Å². The Hall–Kier alpha value is -1.60. The molecular formula is C13H17F3N2O2. The average molecular weight is 290 g/mol. The molecule has 1 aromatic carbocycles. The average Bonchev–Trinajstić information content (AvgIpc) is 2.39. The highest BCUT2D eigenvalue weighted by Gasteiger charge is 2.31. The SMILES string of the molecule is COC(CN)C(=O)NC(C)c1cccc(C(F)(F)F)c1. The fraction of sp³-hybridized carbons (Fsp3) is 0.462. The van der Waals surface area contributed by atoms with Gasteiger partial charge >= 0.3 is 6.18 Å². The largest absolute Gasteiger partial charge is 0.416 e. The third-order valence-electron chi connectivity index (χ3n) is 2.86. The molecule has 1 amide bonds. The van der Waals surface area contributed by atoms with Gasteiger partial charge in [0.05, 0.1) is 11.6 Å². The minimum absolute atomic E-state index is 0.00234. The molecule has 0 bridgehead atoms. The van der Waals surface area contributed by atoms with Crippen LogP contribution in [0.25, 0.3) is 0 Å². The number of carbonyl (C=O) groups excluding carboxylic acids is 1. The molecule has 0 fully saturated rings. The van der Waals surface area contributed by atoms with Crippen molar-refractivity contribution in [2.24, 2.45) is 5.73 Å². The van der Waals surface area contributed by atoms with Crippen molar-refractivity contribution in [2.45, 2.75) is 25.2 Å². The summed E-state index contributed by atoms with van der Waals surface area (Å²) in [4.78, 5) is 11.7. The number of benzene rings is 1. The molecule has 3 N–H and O–H groups in total. The van der Waals surface area contributed by atoms with Crippen LogP contribution in [0.15, 0.2) is 24.3 Å². The summed E-state index contributed by atoms with van der Waals surface area (Å²) in [6.45, 7) is 1.59. The fourth-order valence-corrected chi connectivity index (χ4v) is 1.68. The van der Waals surface area contributed by atoms with E-state index in [1.807, 2.05) is 0 Å². The summed E-state index contributed by atoms with van der Waals surface area (Å²) in [5.74, 6) is -0.458. The zero-order valence-electron chi connectivity index (χ0n) is 11.2. The topological polar surface area (TPSA) is 64.3 Å². The van der Waals surface area contributed by atoms with Crippen molar-refractivity contribution >= 4 is 5.91 Å². The van der Waals surface area contributed by atoms with E-state index in [2.05, 4.69) is 5.32 Å². The summed E-state index contributed by atoms with van der Waals surface area (Å²) in [5.41, 5.74) is 4.95. The first-order valence-electron chi connectivity index (χ1n) is 6.00. The first kappa shape index (κ1) is 16.5. The van der Waals surface area contributed by atoms with Crippen LogP contribution in [0.4, 0.5) is 13.2 Å². The van der Waals surface area contributed by atoms with Gasteiger partial charge in [-0.25, -0.2) is 0 Å². The summed E-state index contributed by atoms with van der Waals surface area (Å²) >= 11 is 0. The maximum absolute atomic E-state index is 12.6. The predicted molar refractivity (Wildman–Crippen MR) is 67.9 cm³/mol. The molecule has 1 rings (SSSR count). The Balaban J connectivity index is 2.83. The van der Waals surface area contributed by atoms with Crippen molar-refractivity contribution < 1.29 is 22.7 Å². The van der Waals surface area contributed by atoms with Gasteiger partial charge in [-0.1, -0.05) is 12.1 Å². The van der Waals surface area contributed by atoms with Gasteiger partial charge in [0.1, 0.15) is 6.10 Å². The number of methoxy groups -OCH3 is 1. The summed E-state index contributed by atoms with van der Waals surface area (Å²) in [6, 6.07) is 4.24. The molecule has 20 heavy (non-hydrogen) atoms. The van der Waals surface area contributed by atoms with Crippen LogP contribution in [-0.2, 0) is 15.7 Å². The number of ether oxygens (including phenoxy) is 1.